The van der Waals surface area contributed by atoms with E-state index < -0.39 is 0 Å². The first-order valence-electron chi connectivity index (χ1n) is 7.30. The first-order valence-corrected chi connectivity index (χ1v) is 7.30. The van der Waals surface area contributed by atoms with Crippen molar-refractivity contribution in [2.24, 2.45) is 4.99 Å². The smallest absolute Gasteiger partial charge is 0.191 e. The summed E-state index contributed by atoms with van der Waals surface area (Å²) in [5, 5.41) is 6.68. The Morgan fingerprint density at radius 2 is 1.86 bits per heavy atom. The van der Waals surface area contributed by atoms with Crippen LogP contribution < -0.4 is 10.6 Å². The highest BCUT2D eigenvalue weighted by Gasteiger charge is 2.01. The van der Waals surface area contributed by atoms with Gasteiger partial charge in [-0.3, -0.25) is 4.99 Å². The van der Waals surface area contributed by atoms with Gasteiger partial charge in [0.2, 0.25) is 0 Å². The quantitative estimate of drug-likeness (QED) is 0.450. The van der Waals surface area contributed by atoms with Gasteiger partial charge in [0.05, 0.1) is 0 Å². The van der Waals surface area contributed by atoms with E-state index in [9.17, 15) is 0 Å². The zero-order valence-corrected chi connectivity index (χ0v) is 15.8. The zero-order valence-electron chi connectivity index (χ0n) is 13.5. The van der Waals surface area contributed by atoms with Crippen LogP contribution in [-0.4, -0.2) is 24.1 Å². The summed E-state index contributed by atoms with van der Waals surface area (Å²) in [7, 11) is 1.80. The molecule has 2 aromatic rings. The van der Waals surface area contributed by atoms with E-state index >= 15 is 0 Å². The van der Waals surface area contributed by atoms with Crippen molar-refractivity contribution in [3.63, 3.8) is 0 Å². The maximum atomic E-state index is 4.25. The summed E-state index contributed by atoms with van der Waals surface area (Å²) in [6.45, 7) is 6.83. The van der Waals surface area contributed by atoms with Gasteiger partial charge in [-0.05, 0) is 37.1 Å². The van der Waals surface area contributed by atoms with Crippen LogP contribution in [0, 0.1) is 13.8 Å². The molecule has 0 aliphatic carbocycles. The highest BCUT2D eigenvalue weighted by atomic mass is 127. The highest BCUT2D eigenvalue weighted by molar-refractivity contribution is 14.0. The van der Waals surface area contributed by atoms with Gasteiger partial charge in [-0.1, -0.05) is 23.8 Å². The second kappa shape index (κ2) is 9.50. The van der Waals surface area contributed by atoms with Crippen molar-refractivity contribution in [1.29, 1.82) is 0 Å². The van der Waals surface area contributed by atoms with Crippen molar-refractivity contribution in [2.75, 3.05) is 13.6 Å². The molecule has 1 aromatic carbocycles. The molecule has 0 bridgehead atoms. The van der Waals surface area contributed by atoms with E-state index in [-0.39, 0.29) is 24.0 Å². The van der Waals surface area contributed by atoms with Gasteiger partial charge in [-0.2, -0.15) is 0 Å². The van der Waals surface area contributed by atoms with Crippen LogP contribution in [-0.2, 0) is 13.1 Å². The summed E-state index contributed by atoms with van der Waals surface area (Å²) >= 11 is 0. The Balaban J connectivity index is 0.00000242. The molecule has 0 radical (unpaired) electrons. The van der Waals surface area contributed by atoms with Crippen LogP contribution in [0.5, 0.6) is 0 Å². The van der Waals surface area contributed by atoms with E-state index in [1.54, 1.807) is 7.05 Å². The van der Waals surface area contributed by atoms with Gasteiger partial charge in [0.1, 0.15) is 0 Å². The average molecular weight is 412 g/mol. The van der Waals surface area contributed by atoms with E-state index in [0.29, 0.717) is 0 Å². The Bertz CT molecular complexity index is 591. The third-order valence-corrected chi connectivity index (χ3v) is 3.50. The number of aryl methyl sites for hydroxylation is 2. The van der Waals surface area contributed by atoms with Crippen molar-refractivity contribution in [1.82, 2.24) is 15.2 Å². The number of rotatable bonds is 5. The van der Waals surface area contributed by atoms with Crippen LogP contribution in [0.3, 0.4) is 0 Å². The molecule has 2 N–H and O–H groups in total. The molecule has 22 heavy (non-hydrogen) atoms. The standard InChI is InChI=1S/C17H24N4.HI/c1-14-6-7-16(15(2)12-14)13-20-17(18-3)19-8-11-21-9-4-5-10-21;/h4-7,9-10,12H,8,11,13H2,1-3H3,(H2,18,19,20);1H. The third-order valence-electron chi connectivity index (χ3n) is 3.50. The van der Waals surface area contributed by atoms with Crippen LogP contribution in [0.25, 0.3) is 0 Å². The molecule has 0 spiro atoms. The lowest BCUT2D eigenvalue weighted by Gasteiger charge is -2.13. The highest BCUT2D eigenvalue weighted by Crippen LogP contribution is 2.09. The number of aliphatic imine (C=N–C) groups is 1. The predicted molar refractivity (Wildman–Crippen MR) is 104 cm³/mol. The third kappa shape index (κ3) is 5.71. The molecular weight excluding hydrogens is 387 g/mol. The van der Waals surface area contributed by atoms with E-state index in [1.165, 1.54) is 16.7 Å². The lowest BCUT2D eigenvalue weighted by atomic mass is 10.1. The van der Waals surface area contributed by atoms with Crippen molar-refractivity contribution < 1.29 is 0 Å². The van der Waals surface area contributed by atoms with Crippen LogP contribution in [0.2, 0.25) is 0 Å². The summed E-state index contributed by atoms with van der Waals surface area (Å²) < 4.78 is 2.14. The minimum absolute atomic E-state index is 0. The zero-order chi connectivity index (χ0) is 15.1. The molecule has 0 atom stereocenters. The molecule has 0 unspecified atom stereocenters. The van der Waals surface area contributed by atoms with E-state index in [2.05, 4.69) is 64.6 Å². The largest absolute Gasteiger partial charge is 0.355 e. The number of guanidine groups is 1. The van der Waals surface area contributed by atoms with Gasteiger partial charge < -0.3 is 15.2 Å². The molecule has 120 valence electrons. The number of hydrogen-bond acceptors (Lipinski definition) is 1. The number of hydrogen-bond donors (Lipinski definition) is 2. The van der Waals surface area contributed by atoms with Crippen molar-refractivity contribution in [3.8, 4) is 0 Å². The van der Waals surface area contributed by atoms with Crippen molar-refractivity contribution in [3.05, 3.63) is 59.4 Å². The Kier molecular flexibility index (Phi) is 8.01. The van der Waals surface area contributed by atoms with E-state index in [0.717, 1.165) is 25.6 Å². The molecule has 1 aromatic heterocycles. The fraction of sp³-hybridized carbons (Fsp3) is 0.353. The first kappa shape index (κ1) is 18.5. The minimum Gasteiger partial charge on any atom is -0.355 e. The fourth-order valence-corrected chi connectivity index (χ4v) is 2.27. The van der Waals surface area contributed by atoms with Crippen LogP contribution in [0.15, 0.2) is 47.7 Å². The molecule has 0 amide bonds. The Labute approximate surface area is 150 Å². The molecule has 0 aliphatic heterocycles. The van der Waals surface area contributed by atoms with Crippen LogP contribution >= 0.6 is 24.0 Å². The number of nitrogens with one attached hydrogen (secondary N) is 2. The molecular formula is C17H25IN4. The lowest BCUT2D eigenvalue weighted by molar-refractivity contribution is 0.665. The topological polar surface area (TPSA) is 41.4 Å². The van der Waals surface area contributed by atoms with Gasteiger partial charge in [0.25, 0.3) is 0 Å². The van der Waals surface area contributed by atoms with Gasteiger partial charge in [-0.25, -0.2) is 0 Å². The number of nitrogens with zero attached hydrogens (tertiary/aromatic N) is 2. The summed E-state index contributed by atoms with van der Waals surface area (Å²) in [6.07, 6.45) is 4.13. The predicted octanol–water partition coefficient (Wildman–Crippen LogP) is 3.09. The van der Waals surface area contributed by atoms with Gasteiger partial charge in [-0.15, -0.1) is 24.0 Å². The van der Waals surface area contributed by atoms with Gasteiger partial charge >= 0.3 is 0 Å². The molecule has 2 rings (SSSR count). The van der Waals surface area contributed by atoms with Crippen molar-refractivity contribution in [2.45, 2.75) is 26.9 Å². The Morgan fingerprint density at radius 1 is 1.14 bits per heavy atom. The van der Waals surface area contributed by atoms with Crippen LogP contribution in [0.1, 0.15) is 16.7 Å². The van der Waals surface area contributed by atoms with Gasteiger partial charge in [0.15, 0.2) is 5.96 Å². The number of halogens is 1. The monoisotopic (exact) mass is 412 g/mol. The summed E-state index contributed by atoms with van der Waals surface area (Å²) in [5.74, 6) is 0.835. The second-order valence-corrected chi connectivity index (χ2v) is 5.20. The fourth-order valence-electron chi connectivity index (χ4n) is 2.27. The van der Waals surface area contributed by atoms with E-state index in [4.69, 9.17) is 0 Å². The summed E-state index contributed by atoms with van der Waals surface area (Å²) in [6, 6.07) is 10.6. The number of aromatic nitrogens is 1. The number of benzene rings is 1. The first-order chi connectivity index (χ1) is 10.2. The second-order valence-electron chi connectivity index (χ2n) is 5.20. The Morgan fingerprint density at radius 3 is 2.50 bits per heavy atom. The molecule has 1 heterocycles. The average Bonchev–Trinajstić information content (AvgIpc) is 2.97. The minimum atomic E-state index is 0. The summed E-state index contributed by atoms with van der Waals surface area (Å²) in [5.41, 5.74) is 3.91. The normalized spacial score (nSPS) is 11.0. The Hall–Kier alpha value is -1.50. The summed E-state index contributed by atoms with van der Waals surface area (Å²) in [4.78, 5) is 4.25. The van der Waals surface area contributed by atoms with E-state index in [1.807, 2.05) is 12.1 Å². The molecule has 0 saturated carbocycles. The van der Waals surface area contributed by atoms with Gasteiger partial charge in [0, 0.05) is 39.1 Å². The molecule has 0 fully saturated rings. The molecule has 0 aliphatic rings. The SMILES string of the molecule is CN=C(NCCn1cccc1)NCc1ccc(C)cc1C.I. The lowest BCUT2D eigenvalue weighted by Crippen LogP contribution is -2.38. The maximum absolute atomic E-state index is 4.25. The maximum Gasteiger partial charge on any atom is 0.191 e. The molecule has 5 heteroatoms. The van der Waals surface area contributed by atoms with Crippen molar-refractivity contribution >= 4 is 29.9 Å². The van der Waals surface area contributed by atoms with Crippen LogP contribution in [0.4, 0.5) is 0 Å². The molecule has 0 saturated heterocycles. The molecule has 4 nitrogen and oxygen atoms in total.